The van der Waals surface area contributed by atoms with Crippen molar-refractivity contribution >= 4 is 5.69 Å². The van der Waals surface area contributed by atoms with Crippen LogP contribution in [0.4, 0.5) is 10.1 Å². The minimum atomic E-state index is -0.309. The van der Waals surface area contributed by atoms with E-state index in [1.165, 1.54) is 49.1 Å². The molecule has 5 nitrogen and oxygen atoms in total. The maximum absolute atomic E-state index is 13.9. The van der Waals surface area contributed by atoms with Gasteiger partial charge in [0, 0.05) is 50.1 Å². The number of hydrogen-bond donors (Lipinski definition) is 0. The molecule has 0 bridgehead atoms. The first-order valence-corrected chi connectivity index (χ1v) is 12.7. The van der Waals surface area contributed by atoms with E-state index in [1.54, 1.807) is 0 Å². The Labute approximate surface area is 202 Å². The van der Waals surface area contributed by atoms with Crippen LogP contribution in [0.5, 0.6) is 11.5 Å². The normalized spacial score (nSPS) is 25.3. The number of methoxy groups -OCH3 is 1. The van der Waals surface area contributed by atoms with Gasteiger partial charge in [-0.1, -0.05) is 6.07 Å². The van der Waals surface area contributed by atoms with Crippen molar-refractivity contribution in [2.75, 3.05) is 44.9 Å². The van der Waals surface area contributed by atoms with Gasteiger partial charge < -0.3 is 19.1 Å². The molecule has 6 heteroatoms. The Morgan fingerprint density at radius 2 is 1.88 bits per heavy atom. The highest BCUT2D eigenvalue weighted by molar-refractivity contribution is 5.52. The van der Waals surface area contributed by atoms with Gasteiger partial charge in [0.25, 0.3) is 0 Å². The highest BCUT2D eigenvalue weighted by Crippen LogP contribution is 2.40. The summed E-state index contributed by atoms with van der Waals surface area (Å²) in [7, 11) is 1.52. The lowest BCUT2D eigenvalue weighted by atomic mass is 9.86. The van der Waals surface area contributed by atoms with Gasteiger partial charge in [0.2, 0.25) is 0 Å². The van der Waals surface area contributed by atoms with Gasteiger partial charge >= 0.3 is 0 Å². The molecule has 3 saturated heterocycles. The monoisotopic (exact) mass is 468 g/mol. The summed E-state index contributed by atoms with van der Waals surface area (Å²) in [5.41, 5.74) is 5.07. The third-order valence-electron chi connectivity index (χ3n) is 8.03. The fourth-order valence-electron chi connectivity index (χ4n) is 5.96. The molecule has 2 unspecified atom stereocenters. The smallest absolute Gasteiger partial charge is 0.165 e. The lowest BCUT2D eigenvalue weighted by molar-refractivity contribution is 0.0670. The highest BCUT2D eigenvalue weighted by atomic mass is 19.1. The van der Waals surface area contributed by atoms with Gasteiger partial charge in [-0.3, -0.25) is 4.90 Å². The second-order valence-electron chi connectivity index (χ2n) is 9.95. The summed E-state index contributed by atoms with van der Waals surface area (Å²) in [6.07, 6.45) is 6.08. The maximum Gasteiger partial charge on any atom is 0.165 e. The van der Waals surface area contributed by atoms with Crippen molar-refractivity contribution in [3.63, 3.8) is 0 Å². The molecule has 0 saturated carbocycles. The molecule has 184 valence electrons. The molecule has 3 heterocycles. The minimum absolute atomic E-state index is 0.232. The molecule has 0 spiro atoms. The van der Waals surface area contributed by atoms with Crippen LogP contribution in [-0.2, 0) is 4.74 Å². The molecule has 34 heavy (non-hydrogen) atoms. The van der Waals surface area contributed by atoms with Gasteiger partial charge in [-0.25, -0.2) is 4.39 Å². The minimum Gasteiger partial charge on any atom is -0.494 e. The van der Waals surface area contributed by atoms with Gasteiger partial charge in [0.05, 0.1) is 13.2 Å². The zero-order chi connectivity index (χ0) is 23.7. The third kappa shape index (κ3) is 4.63. The standard InChI is InChI=1S/C28H37FN2O3/c1-19-20(2)27(34-18-23-7-5-15-33-23)12-10-24(19)26-8-4-6-22-17-30(13-14-31(22)26)21-9-11-25(29)28(16-21)32-3/h9-12,16,22-23,26H,4-8,13-15,17-18H2,1-3H3/t22?,23?,26-/m1/s1. The predicted octanol–water partition coefficient (Wildman–Crippen LogP) is 5.42. The number of ether oxygens (including phenoxy) is 3. The lowest BCUT2D eigenvalue weighted by Crippen LogP contribution is -2.56. The topological polar surface area (TPSA) is 34.2 Å². The second-order valence-corrected chi connectivity index (χ2v) is 9.95. The zero-order valence-corrected chi connectivity index (χ0v) is 20.7. The van der Waals surface area contributed by atoms with Crippen LogP contribution in [0.25, 0.3) is 0 Å². The molecule has 5 rings (SSSR count). The average molecular weight is 469 g/mol. The summed E-state index contributed by atoms with van der Waals surface area (Å²) in [5, 5.41) is 0. The third-order valence-corrected chi connectivity index (χ3v) is 8.03. The van der Waals surface area contributed by atoms with Crippen molar-refractivity contribution in [2.24, 2.45) is 0 Å². The number of benzene rings is 2. The summed E-state index contributed by atoms with van der Waals surface area (Å²) in [6.45, 7) is 8.83. The van der Waals surface area contributed by atoms with Crippen LogP contribution in [0, 0.1) is 19.7 Å². The molecule has 2 aromatic carbocycles. The van der Waals surface area contributed by atoms with Gasteiger partial charge in [-0.15, -0.1) is 0 Å². The second kappa shape index (κ2) is 10.1. The predicted molar refractivity (Wildman–Crippen MR) is 133 cm³/mol. The molecule has 3 atom stereocenters. The van der Waals surface area contributed by atoms with E-state index in [0.717, 1.165) is 50.5 Å². The Balaban J connectivity index is 1.29. The quantitative estimate of drug-likeness (QED) is 0.565. The Hall–Kier alpha value is -2.31. The Bertz CT molecular complexity index is 1010. The Morgan fingerprint density at radius 3 is 2.68 bits per heavy atom. The molecular formula is C28H37FN2O3. The molecule has 0 aliphatic carbocycles. The molecule has 0 amide bonds. The first kappa shape index (κ1) is 23.4. The summed E-state index contributed by atoms with van der Waals surface area (Å²) in [4.78, 5) is 5.08. The molecule has 0 N–H and O–H groups in total. The van der Waals surface area contributed by atoms with Gasteiger partial charge in [0.1, 0.15) is 12.4 Å². The number of piperazine rings is 1. The van der Waals surface area contributed by atoms with Gasteiger partial charge in [0.15, 0.2) is 11.6 Å². The van der Waals surface area contributed by atoms with Crippen LogP contribution in [-0.4, -0.2) is 57.0 Å². The maximum atomic E-state index is 13.9. The van der Waals surface area contributed by atoms with Crippen LogP contribution < -0.4 is 14.4 Å². The summed E-state index contributed by atoms with van der Waals surface area (Å²) in [5.74, 6) is 0.991. The first-order valence-electron chi connectivity index (χ1n) is 12.7. The molecule has 0 radical (unpaired) electrons. The molecule has 3 fully saturated rings. The Morgan fingerprint density at radius 1 is 1.00 bits per heavy atom. The van der Waals surface area contributed by atoms with Crippen molar-refractivity contribution in [1.29, 1.82) is 0 Å². The van der Waals surface area contributed by atoms with Crippen LogP contribution >= 0.6 is 0 Å². The average Bonchev–Trinajstić information content (AvgIpc) is 3.38. The molecular weight excluding hydrogens is 431 g/mol. The van der Waals surface area contributed by atoms with Crippen molar-refractivity contribution < 1.29 is 18.6 Å². The summed E-state index contributed by atoms with van der Waals surface area (Å²) < 4.78 is 31.0. The summed E-state index contributed by atoms with van der Waals surface area (Å²) in [6, 6.07) is 10.6. The van der Waals surface area contributed by atoms with Gasteiger partial charge in [-0.05, 0) is 80.8 Å². The van der Waals surface area contributed by atoms with Crippen molar-refractivity contribution in [1.82, 2.24) is 4.90 Å². The largest absolute Gasteiger partial charge is 0.494 e. The number of rotatable bonds is 6. The molecule has 0 aromatic heterocycles. The number of fused-ring (bicyclic) bond motifs is 1. The fraction of sp³-hybridized carbons (Fsp3) is 0.571. The SMILES string of the molecule is COc1cc(N2CCN3C(CCC[C@@H]3c3ccc(OCC4CCCO4)c(C)c3C)C2)ccc1F. The number of nitrogens with zero attached hydrogens (tertiary/aromatic N) is 2. The Kier molecular flexibility index (Phi) is 6.98. The fourth-order valence-corrected chi connectivity index (χ4v) is 5.96. The van der Waals surface area contributed by atoms with Crippen molar-refractivity contribution in [3.05, 3.63) is 52.8 Å². The number of halogens is 1. The number of hydrogen-bond acceptors (Lipinski definition) is 5. The van der Waals surface area contributed by atoms with E-state index in [4.69, 9.17) is 14.2 Å². The lowest BCUT2D eigenvalue weighted by Gasteiger charge is -2.49. The van der Waals surface area contributed by atoms with Crippen LogP contribution in [0.3, 0.4) is 0 Å². The zero-order valence-electron chi connectivity index (χ0n) is 20.7. The van der Waals surface area contributed by atoms with E-state index in [2.05, 4.69) is 35.8 Å². The van der Waals surface area contributed by atoms with Gasteiger partial charge in [-0.2, -0.15) is 0 Å². The van der Waals surface area contributed by atoms with E-state index in [1.807, 2.05) is 12.1 Å². The van der Waals surface area contributed by atoms with Crippen LogP contribution in [0.15, 0.2) is 30.3 Å². The number of anilines is 1. The van der Waals surface area contributed by atoms with E-state index >= 15 is 0 Å². The highest BCUT2D eigenvalue weighted by Gasteiger charge is 2.36. The van der Waals surface area contributed by atoms with Crippen LogP contribution in [0.2, 0.25) is 0 Å². The van der Waals surface area contributed by atoms with E-state index in [9.17, 15) is 4.39 Å². The molecule has 2 aromatic rings. The van der Waals surface area contributed by atoms with E-state index < -0.39 is 0 Å². The van der Waals surface area contributed by atoms with Crippen molar-refractivity contribution in [2.45, 2.75) is 64.1 Å². The summed E-state index contributed by atoms with van der Waals surface area (Å²) >= 11 is 0. The first-order chi connectivity index (χ1) is 16.5. The molecule has 3 aliphatic rings. The van der Waals surface area contributed by atoms with Crippen molar-refractivity contribution in [3.8, 4) is 11.5 Å². The number of piperidine rings is 1. The van der Waals surface area contributed by atoms with E-state index in [0.29, 0.717) is 24.4 Å². The molecule has 3 aliphatic heterocycles. The van der Waals surface area contributed by atoms with Crippen LogP contribution in [0.1, 0.15) is 54.8 Å². The van der Waals surface area contributed by atoms with E-state index in [-0.39, 0.29) is 11.9 Å².